The third-order valence-electron chi connectivity index (χ3n) is 5.55. The summed E-state index contributed by atoms with van der Waals surface area (Å²) in [6, 6.07) is 15.0. The zero-order valence-electron chi connectivity index (χ0n) is 17.4. The van der Waals surface area contributed by atoms with Crippen LogP contribution in [-0.4, -0.2) is 15.5 Å². The zero-order chi connectivity index (χ0) is 21.4. The molecule has 0 aliphatic carbocycles. The van der Waals surface area contributed by atoms with Crippen LogP contribution in [0.3, 0.4) is 0 Å². The third-order valence-corrected chi connectivity index (χ3v) is 5.88. The van der Waals surface area contributed by atoms with Crippen molar-refractivity contribution in [2.24, 2.45) is 7.05 Å². The minimum atomic E-state index is -0.322. The molecule has 0 N–H and O–H groups in total. The number of fused-ring (bicyclic) bond motifs is 1. The van der Waals surface area contributed by atoms with Gasteiger partial charge in [0.15, 0.2) is 0 Å². The zero-order valence-corrected chi connectivity index (χ0v) is 19.0. The Morgan fingerprint density at radius 3 is 2.45 bits per heavy atom. The van der Waals surface area contributed by atoms with E-state index in [9.17, 15) is 9.18 Å². The standard InChI is InChI=1S/C24H21ClFN3O.ClH/c1-15-16(2)28(3)21-12-13-27-23(22(15)21)29(14-17-8-10-18(26)11-9-17)24(30)19-6-4-5-7-20(19)25;/h4-13H,14H2,1-3H3;1H. The topological polar surface area (TPSA) is 38.1 Å². The molecule has 0 unspecified atom stereocenters. The van der Waals surface area contributed by atoms with Crippen LogP contribution in [0.15, 0.2) is 60.8 Å². The number of nitrogens with zero attached hydrogens (tertiary/aromatic N) is 3. The van der Waals surface area contributed by atoms with Gasteiger partial charge in [-0.15, -0.1) is 12.4 Å². The summed E-state index contributed by atoms with van der Waals surface area (Å²) in [6.07, 6.45) is 1.70. The highest BCUT2D eigenvalue weighted by atomic mass is 35.5. The lowest BCUT2D eigenvalue weighted by atomic mass is 10.1. The fourth-order valence-electron chi connectivity index (χ4n) is 3.69. The number of benzene rings is 2. The molecule has 0 aliphatic heterocycles. The molecule has 0 atom stereocenters. The van der Waals surface area contributed by atoms with E-state index < -0.39 is 0 Å². The number of hydrogen-bond acceptors (Lipinski definition) is 2. The van der Waals surface area contributed by atoms with E-state index in [1.54, 1.807) is 47.5 Å². The van der Waals surface area contributed by atoms with Crippen molar-refractivity contribution in [1.29, 1.82) is 0 Å². The van der Waals surface area contributed by atoms with E-state index >= 15 is 0 Å². The average Bonchev–Trinajstić information content (AvgIpc) is 2.97. The van der Waals surface area contributed by atoms with Gasteiger partial charge in [0.25, 0.3) is 5.91 Å². The van der Waals surface area contributed by atoms with Crippen LogP contribution < -0.4 is 4.90 Å². The van der Waals surface area contributed by atoms with E-state index in [0.717, 1.165) is 27.7 Å². The lowest BCUT2D eigenvalue weighted by molar-refractivity contribution is 0.0984. The first-order valence-corrected chi connectivity index (χ1v) is 9.97. The minimum Gasteiger partial charge on any atom is -0.348 e. The molecule has 0 saturated carbocycles. The first kappa shape index (κ1) is 22.8. The Hall–Kier alpha value is -2.89. The van der Waals surface area contributed by atoms with Crippen molar-refractivity contribution in [3.05, 3.63) is 94.0 Å². The largest absolute Gasteiger partial charge is 0.348 e. The molecule has 4 aromatic rings. The maximum Gasteiger partial charge on any atom is 0.261 e. The van der Waals surface area contributed by atoms with Gasteiger partial charge < -0.3 is 4.57 Å². The van der Waals surface area contributed by atoms with Crippen molar-refractivity contribution in [2.75, 3.05) is 4.90 Å². The molecule has 0 radical (unpaired) electrons. The SMILES string of the molecule is Cc1c(C)n(C)c2ccnc(N(Cc3ccc(F)cc3)C(=O)c3ccccc3Cl)c12.Cl. The summed E-state index contributed by atoms with van der Waals surface area (Å²) in [6.45, 7) is 4.31. The number of halogens is 3. The maximum atomic E-state index is 13.6. The highest BCUT2D eigenvalue weighted by Gasteiger charge is 2.25. The van der Waals surface area contributed by atoms with Gasteiger partial charge in [0.05, 0.1) is 22.6 Å². The van der Waals surface area contributed by atoms with Crippen molar-refractivity contribution in [3.63, 3.8) is 0 Å². The van der Waals surface area contributed by atoms with Gasteiger partial charge in [-0.2, -0.15) is 0 Å². The molecular formula is C24H22Cl2FN3O. The second kappa shape index (κ2) is 9.08. The van der Waals surface area contributed by atoms with Gasteiger partial charge in [0, 0.05) is 24.3 Å². The van der Waals surface area contributed by atoms with Crippen LogP contribution in [0.1, 0.15) is 27.2 Å². The summed E-state index contributed by atoms with van der Waals surface area (Å²) in [5.41, 5.74) is 4.34. The van der Waals surface area contributed by atoms with E-state index in [2.05, 4.69) is 9.55 Å². The number of amides is 1. The van der Waals surface area contributed by atoms with E-state index in [-0.39, 0.29) is 30.7 Å². The van der Waals surface area contributed by atoms with Crippen molar-refractivity contribution < 1.29 is 9.18 Å². The molecule has 1 amide bonds. The predicted octanol–water partition coefficient (Wildman–Crippen LogP) is 6.25. The van der Waals surface area contributed by atoms with Crippen molar-refractivity contribution in [2.45, 2.75) is 20.4 Å². The molecule has 4 rings (SSSR count). The summed E-state index contributed by atoms with van der Waals surface area (Å²) >= 11 is 6.33. The molecule has 2 aromatic carbocycles. The normalized spacial score (nSPS) is 10.7. The van der Waals surface area contributed by atoms with Crippen LogP contribution in [0, 0.1) is 19.7 Å². The molecule has 160 valence electrons. The van der Waals surface area contributed by atoms with E-state index in [1.807, 2.05) is 27.0 Å². The van der Waals surface area contributed by atoms with E-state index in [4.69, 9.17) is 11.6 Å². The van der Waals surface area contributed by atoms with Gasteiger partial charge in [-0.3, -0.25) is 9.69 Å². The molecular weight excluding hydrogens is 436 g/mol. The highest BCUT2D eigenvalue weighted by molar-refractivity contribution is 6.34. The number of hydrogen-bond donors (Lipinski definition) is 0. The Kier molecular flexibility index (Phi) is 6.68. The fraction of sp³-hybridized carbons (Fsp3) is 0.167. The Balaban J connectivity index is 0.00000272. The maximum absolute atomic E-state index is 13.6. The smallest absolute Gasteiger partial charge is 0.261 e. The molecule has 2 aromatic heterocycles. The van der Waals surface area contributed by atoms with Crippen LogP contribution in [0.2, 0.25) is 5.02 Å². The van der Waals surface area contributed by atoms with Gasteiger partial charge in [-0.1, -0.05) is 35.9 Å². The number of aromatic nitrogens is 2. The Labute approximate surface area is 191 Å². The number of anilines is 1. The second-order valence-electron chi connectivity index (χ2n) is 7.30. The summed E-state index contributed by atoms with van der Waals surface area (Å²) in [5, 5.41) is 1.29. The van der Waals surface area contributed by atoms with Crippen LogP contribution in [-0.2, 0) is 13.6 Å². The monoisotopic (exact) mass is 457 g/mol. The Bertz CT molecular complexity index is 1250. The summed E-state index contributed by atoms with van der Waals surface area (Å²) in [5.74, 6) is -0.0220. The summed E-state index contributed by atoms with van der Waals surface area (Å²) in [4.78, 5) is 19.8. The lowest BCUT2D eigenvalue weighted by Crippen LogP contribution is -2.31. The van der Waals surface area contributed by atoms with Crippen LogP contribution in [0.25, 0.3) is 10.9 Å². The quantitative estimate of drug-likeness (QED) is 0.363. The third kappa shape index (κ3) is 4.16. The Morgan fingerprint density at radius 2 is 1.77 bits per heavy atom. The number of rotatable bonds is 4. The van der Waals surface area contributed by atoms with Crippen LogP contribution in [0.4, 0.5) is 10.2 Å². The van der Waals surface area contributed by atoms with Gasteiger partial charge in [0.1, 0.15) is 11.6 Å². The Morgan fingerprint density at radius 1 is 1.10 bits per heavy atom. The molecule has 31 heavy (non-hydrogen) atoms. The average molecular weight is 458 g/mol. The number of carbonyl (C=O) groups is 1. The molecule has 0 bridgehead atoms. The summed E-state index contributed by atoms with van der Waals surface area (Å²) in [7, 11) is 1.99. The van der Waals surface area contributed by atoms with Crippen molar-refractivity contribution in [3.8, 4) is 0 Å². The molecule has 4 nitrogen and oxygen atoms in total. The summed E-state index contributed by atoms with van der Waals surface area (Å²) < 4.78 is 15.5. The second-order valence-corrected chi connectivity index (χ2v) is 7.70. The van der Waals surface area contributed by atoms with E-state index in [1.165, 1.54) is 12.1 Å². The van der Waals surface area contributed by atoms with Crippen molar-refractivity contribution in [1.82, 2.24) is 9.55 Å². The molecule has 2 heterocycles. The van der Waals surface area contributed by atoms with Crippen molar-refractivity contribution >= 4 is 46.6 Å². The first-order valence-electron chi connectivity index (χ1n) is 9.60. The van der Waals surface area contributed by atoms with Gasteiger partial charge in [0.2, 0.25) is 0 Å². The molecule has 7 heteroatoms. The molecule has 0 aliphatic rings. The van der Waals surface area contributed by atoms with Gasteiger partial charge >= 0.3 is 0 Å². The van der Waals surface area contributed by atoms with Gasteiger partial charge in [-0.05, 0) is 55.3 Å². The van der Waals surface area contributed by atoms with E-state index in [0.29, 0.717) is 16.4 Å². The van der Waals surface area contributed by atoms with Crippen LogP contribution in [0.5, 0.6) is 0 Å². The minimum absolute atomic E-state index is 0. The number of carbonyl (C=O) groups excluding carboxylic acids is 1. The highest BCUT2D eigenvalue weighted by Crippen LogP contribution is 2.33. The van der Waals surface area contributed by atoms with Crippen LogP contribution >= 0.6 is 24.0 Å². The molecule has 0 spiro atoms. The fourth-order valence-corrected chi connectivity index (χ4v) is 3.91. The number of pyridine rings is 1. The molecule has 0 fully saturated rings. The van der Waals surface area contributed by atoms with Gasteiger partial charge in [-0.25, -0.2) is 9.37 Å². The number of aryl methyl sites for hydroxylation is 2. The molecule has 0 saturated heterocycles. The first-order chi connectivity index (χ1) is 14.4. The lowest BCUT2D eigenvalue weighted by Gasteiger charge is -2.24. The predicted molar refractivity (Wildman–Crippen MR) is 126 cm³/mol.